The quantitative estimate of drug-likeness (QED) is 0.777. The lowest BCUT2D eigenvalue weighted by Crippen LogP contribution is -2.59. The number of rotatable bonds is 4. The van der Waals surface area contributed by atoms with Crippen molar-refractivity contribution in [2.45, 2.75) is 24.8 Å². The molecule has 1 saturated carbocycles. The summed E-state index contributed by atoms with van der Waals surface area (Å²) >= 11 is 6.12. The highest BCUT2D eigenvalue weighted by atomic mass is 35.5. The van der Waals surface area contributed by atoms with Gasteiger partial charge in [-0.15, -0.1) is 0 Å². The molecule has 1 aliphatic heterocycles. The summed E-state index contributed by atoms with van der Waals surface area (Å²) in [5.41, 5.74) is -0.467. The number of nitrogens with one attached hydrogen (secondary N) is 2. The number of anilines is 1. The lowest BCUT2D eigenvalue weighted by Gasteiger charge is -2.38. The van der Waals surface area contributed by atoms with E-state index in [1.165, 1.54) is 23.1 Å². The van der Waals surface area contributed by atoms with Gasteiger partial charge >= 0.3 is 12.0 Å². The Hall–Kier alpha value is -2.28. The minimum Gasteiger partial charge on any atom is -0.480 e. The molecule has 0 aromatic heterocycles. The van der Waals surface area contributed by atoms with Crippen LogP contribution in [0.3, 0.4) is 0 Å². The lowest BCUT2D eigenvalue weighted by molar-refractivity contribution is -0.148. The zero-order valence-electron chi connectivity index (χ0n) is 12.3. The number of aliphatic carboxylic acids is 1. The van der Waals surface area contributed by atoms with Crippen LogP contribution in [-0.2, 0) is 4.79 Å². The molecule has 1 saturated heterocycles. The maximum Gasteiger partial charge on any atom is 0.329 e. The molecular formula is C15H16ClN3O4. The van der Waals surface area contributed by atoms with Crippen LogP contribution in [0.2, 0.25) is 5.02 Å². The number of carboxylic acids is 1. The number of carbonyl (C=O) groups excluding carboxylic acids is 2. The molecule has 2 fully saturated rings. The van der Waals surface area contributed by atoms with Gasteiger partial charge in [0.1, 0.15) is 5.54 Å². The second-order valence-corrected chi connectivity index (χ2v) is 6.15. The topological polar surface area (TPSA) is 98.7 Å². The van der Waals surface area contributed by atoms with E-state index in [0.29, 0.717) is 36.6 Å². The van der Waals surface area contributed by atoms with Crippen LogP contribution in [0.4, 0.5) is 10.5 Å². The minimum atomic E-state index is -1.18. The zero-order chi connectivity index (χ0) is 16.6. The fraction of sp³-hybridized carbons (Fsp3) is 0.400. The minimum absolute atomic E-state index is 0.273. The summed E-state index contributed by atoms with van der Waals surface area (Å²) in [5.74, 6) is -1.50. The smallest absolute Gasteiger partial charge is 0.329 e. The number of hydrogen-bond donors (Lipinski definition) is 3. The van der Waals surface area contributed by atoms with E-state index < -0.39 is 17.4 Å². The van der Waals surface area contributed by atoms with Gasteiger partial charge in [0.25, 0.3) is 5.91 Å². The maximum absolute atomic E-state index is 12.4. The van der Waals surface area contributed by atoms with Crippen LogP contribution in [-0.4, -0.2) is 41.6 Å². The van der Waals surface area contributed by atoms with Crippen LogP contribution in [0.15, 0.2) is 18.2 Å². The van der Waals surface area contributed by atoms with E-state index in [1.54, 1.807) is 0 Å². The zero-order valence-corrected chi connectivity index (χ0v) is 13.0. The number of carbonyl (C=O) groups is 3. The van der Waals surface area contributed by atoms with Gasteiger partial charge in [0.05, 0.1) is 10.7 Å². The van der Waals surface area contributed by atoms with E-state index in [9.17, 15) is 19.5 Å². The summed E-state index contributed by atoms with van der Waals surface area (Å²) < 4.78 is 0. The molecule has 3 rings (SSSR count). The molecule has 3 amide bonds. The molecule has 7 nitrogen and oxygen atoms in total. The molecule has 0 unspecified atom stereocenters. The van der Waals surface area contributed by atoms with Gasteiger partial charge in [-0.1, -0.05) is 11.6 Å². The Morgan fingerprint density at radius 2 is 2.09 bits per heavy atom. The van der Waals surface area contributed by atoms with Crippen LogP contribution in [0.5, 0.6) is 0 Å². The van der Waals surface area contributed by atoms with Crippen molar-refractivity contribution in [3.05, 3.63) is 28.8 Å². The predicted molar refractivity (Wildman–Crippen MR) is 83.9 cm³/mol. The first-order chi connectivity index (χ1) is 10.9. The van der Waals surface area contributed by atoms with Gasteiger partial charge in [-0.05, 0) is 37.5 Å². The van der Waals surface area contributed by atoms with Gasteiger partial charge in [0, 0.05) is 18.7 Å². The highest BCUT2D eigenvalue weighted by Crippen LogP contribution is 2.33. The summed E-state index contributed by atoms with van der Waals surface area (Å²) in [5, 5.41) is 14.9. The van der Waals surface area contributed by atoms with Gasteiger partial charge in [-0.2, -0.15) is 0 Å². The molecule has 1 aliphatic carbocycles. The maximum atomic E-state index is 12.4. The molecule has 3 N–H and O–H groups in total. The van der Waals surface area contributed by atoms with E-state index in [2.05, 4.69) is 10.6 Å². The van der Waals surface area contributed by atoms with Crippen molar-refractivity contribution in [2.24, 2.45) is 0 Å². The number of halogens is 1. The van der Waals surface area contributed by atoms with Crippen molar-refractivity contribution in [1.29, 1.82) is 0 Å². The first kappa shape index (κ1) is 15.6. The van der Waals surface area contributed by atoms with Gasteiger partial charge in [-0.3, -0.25) is 9.69 Å². The van der Waals surface area contributed by atoms with E-state index >= 15 is 0 Å². The summed E-state index contributed by atoms with van der Waals surface area (Å²) in [6, 6.07) is 4.29. The molecule has 8 heteroatoms. The molecule has 0 spiro atoms. The van der Waals surface area contributed by atoms with Crippen molar-refractivity contribution < 1.29 is 19.5 Å². The summed E-state index contributed by atoms with van der Waals surface area (Å²) in [6.07, 6.45) is 1.61. The number of nitrogens with zero attached hydrogens (tertiary/aromatic N) is 1. The Morgan fingerprint density at radius 1 is 1.35 bits per heavy atom. The van der Waals surface area contributed by atoms with Crippen LogP contribution in [0.1, 0.15) is 29.6 Å². The fourth-order valence-corrected chi connectivity index (χ4v) is 2.99. The molecular weight excluding hydrogens is 322 g/mol. The normalized spacial score (nSPS) is 19.0. The fourth-order valence-electron chi connectivity index (χ4n) is 2.77. The van der Waals surface area contributed by atoms with Crippen molar-refractivity contribution in [2.75, 3.05) is 18.0 Å². The Morgan fingerprint density at radius 3 is 2.61 bits per heavy atom. The third-order valence-corrected chi connectivity index (χ3v) is 4.64. The second-order valence-electron chi connectivity index (χ2n) is 5.74. The molecule has 2 aliphatic rings. The SMILES string of the molecule is O=C(NC1(C(=O)O)CCC1)c1ccc(Cl)c(N2CCNC2=O)c1. The van der Waals surface area contributed by atoms with E-state index in [-0.39, 0.29) is 11.6 Å². The third kappa shape index (κ3) is 2.72. The van der Waals surface area contributed by atoms with Crippen molar-refractivity contribution >= 4 is 35.2 Å². The third-order valence-electron chi connectivity index (χ3n) is 4.33. The number of carboxylic acid groups (broad SMARTS) is 1. The second kappa shape index (κ2) is 5.73. The highest BCUT2D eigenvalue weighted by Gasteiger charge is 2.45. The molecule has 0 radical (unpaired) electrons. The standard InChI is InChI=1S/C15H16ClN3O4/c16-10-3-2-9(8-11(10)19-7-6-17-14(19)23)12(20)18-15(13(21)22)4-1-5-15/h2-3,8H,1,4-7H2,(H,17,23)(H,18,20)(H,21,22). The molecule has 0 atom stereocenters. The number of benzene rings is 1. The highest BCUT2D eigenvalue weighted by molar-refractivity contribution is 6.34. The molecule has 1 aromatic carbocycles. The molecule has 122 valence electrons. The van der Waals surface area contributed by atoms with E-state index in [4.69, 9.17) is 11.6 Å². The average Bonchev–Trinajstić information content (AvgIpc) is 2.88. The molecule has 0 bridgehead atoms. The van der Waals surface area contributed by atoms with Gasteiger partial charge in [0.2, 0.25) is 0 Å². The van der Waals surface area contributed by atoms with Gasteiger partial charge < -0.3 is 15.7 Å². The number of urea groups is 1. The summed E-state index contributed by atoms with van der Waals surface area (Å²) in [4.78, 5) is 36.9. The van der Waals surface area contributed by atoms with Gasteiger partial charge in [0.15, 0.2) is 0 Å². The summed E-state index contributed by atoms with van der Waals surface area (Å²) in [7, 11) is 0. The average molecular weight is 338 g/mol. The molecule has 1 aromatic rings. The predicted octanol–water partition coefficient (Wildman–Crippen LogP) is 1.61. The van der Waals surface area contributed by atoms with Gasteiger partial charge in [-0.25, -0.2) is 9.59 Å². The van der Waals surface area contributed by atoms with E-state index in [1.807, 2.05) is 0 Å². The lowest BCUT2D eigenvalue weighted by atomic mass is 9.76. The number of hydrogen-bond acceptors (Lipinski definition) is 3. The van der Waals surface area contributed by atoms with Crippen LogP contribution in [0.25, 0.3) is 0 Å². The largest absolute Gasteiger partial charge is 0.480 e. The first-order valence-corrected chi connectivity index (χ1v) is 7.72. The Balaban J connectivity index is 1.84. The van der Waals surface area contributed by atoms with Crippen LogP contribution < -0.4 is 15.5 Å². The van der Waals surface area contributed by atoms with Crippen LogP contribution >= 0.6 is 11.6 Å². The van der Waals surface area contributed by atoms with E-state index in [0.717, 1.165) is 6.42 Å². The van der Waals surface area contributed by atoms with Crippen molar-refractivity contribution in [1.82, 2.24) is 10.6 Å². The monoisotopic (exact) mass is 337 g/mol. The molecule has 1 heterocycles. The Kier molecular flexibility index (Phi) is 3.89. The van der Waals surface area contributed by atoms with Crippen LogP contribution in [0, 0.1) is 0 Å². The number of amides is 3. The Labute approximate surface area is 137 Å². The van der Waals surface area contributed by atoms with Crippen molar-refractivity contribution in [3.63, 3.8) is 0 Å². The first-order valence-electron chi connectivity index (χ1n) is 7.34. The molecule has 23 heavy (non-hydrogen) atoms. The summed E-state index contributed by atoms with van der Waals surface area (Å²) in [6.45, 7) is 0.969. The Bertz CT molecular complexity index is 687. The van der Waals surface area contributed by atoms with Crippen molar-refractivity contribution in [3.8, 4) is 0 Å².